The second-order valence-corrected chi connectivity index (χ2v) is 6.51. The molecule has 7 heteroatoms. The van der Waals surface area contributed by atoms with E-state index in [0.29, 0.717) is 27.2 Å². The number of aromatic nitrogens is 2. The second kappa shape index (κ2) is 7.72. The molecule has 1 aromatic heterocycles. The Balaban J connectivity index is 1.86. The van der Waals surface area contributed by atoms with E-state index in [1.54, 1.807) is 42.7 Å². The Morgan fingerprint density at radius 1 is 1.24 bits per heavy atom. The van der Waals surface area contributed by atoms with E-state index in [2.05, 4.69) is 4.98 Å². The summed E-state index contributed by atoms with van der Waals surface area (Å²) in [5.41, 5.74) is 1.30. The molecule has 0 fully saturated rings. The van der Waals surface area contributed by atoms with Gasteiger partial charge in [-0.05, 0) is 35.9 Å². The number of thioether (sulfide) groups is 1. The smallest absolute Gasteiger partial charge is 0.287 e. The molecule has 0 unspecified atom stereocenters. The summed E-state index contributed by atoms with van der Waals surface area (Å²) in [6.45, 7) is 0. The summed E-state index contributed by atoms with van der Waals surface area (Å²) in [5, 5.41) is 0.781. The van der Waals surface area contributed by atoms with E-state index in [0.717, 1.165) is 5.56 Å². The first-order chi connectivity index (χ1) is 12.1. The van der Waals surface area contributed by atoms with Crippen molar-refractivity contribution >= 4 is 23.4 Å². The zero-order valence-corrected chi connectivity index (χ0v) is 14.9. The van der Waals surface area contributed by atoms with Crippen LogP contribution in [-0.4, -0.2) is 16.7 Å². The van der Waals surface area contributed by atoms with Crippen molar-refractivity contribution < 1.29 is 9.13 Å². The van der Waals surface area contributed by atoms with Crippen LogP contribution >= 0.6 is 23.4 Å². The molecular formula is C18H14ClFN2O2S. The number of hydrogen-bond donors (Lipinski definition) is 0. The molecule has 25 heavy (non-hydrogen) atoms. The summed E-state index contributed by atoms with van der Waals surface area (Å²) in [5.74, 6) is 0.777. The minimum atomic E-state index is -0.287. The van der Waals surface area contributed by atoms with Crippen LogP contribution in [0, 0.1) is 5.82 Å². The molecule has 4 nitrogen and oxygen atoms in total. The lowest BCUT2D eigenvalue weighted by Gasteiger charge is -2.09. The minimum Gasteiger partial charge on any atom is -0.495 e. The van der Waals surface area contributed by atoms with Crippen molar-refractivity contribution in [2.75, 3.05) is 7.11 Å². The van der Waals surface area contributed by atoms with Crippen molar-refractivity contribution in [3.05, 3.63) is 81.6 Å². The second-order valence-electron chi connectivity index (χ2n) is 5.14. The lowest BCUT2D eigenvalue weighted by molar-refractivity contribution is 0.415. The number of rotatable bonds is 5. The fourth-order valence-electron chi connectivity index (χ4n) is 2.23. The Morgan fingerprint density at radius 2 is 2.00 bits per heavy atom. The third kappa shape index (κ3) is 4.03. The summed E-state index contributed by atoms with van der Waals surface area (Å²) >= 11 is 7.44. The van der Waals surface area contributed by atoms with E-state index in [4.69, 9.17) is 16.3 Å². The van der Waals surface area contributed by atoms with Crippen LogP contribution in [0.15, 0.2) is 64.7 Å². The molecule has 0 N–H and O–H groups in total. The maximum absolute atomic E-state index is 12.9. The maximum Gasteiger partial charge on any atom is 0.287 e. The molecule has 0 aliphatic heterocycles. The Morgan fingerprint density at radius 3 is 2.68 bits per heavy atom. The summed E-state index contributed by atoms with van der Waals surface area (Å²) in [4.78, 5) is 16.8. The SMILES string of the molecule is COc1ccc(-n2ccnc(SCc3ccc(F)cc3)c2=O)cc1Cl. The highest BCUT2D eigenvalue weighted by Gasteiger charge is 2.10. The molecule has 0 spiro atoms. The molecule has 128 valence electrons. The van der Waals surface area contributed by atoms with Gasteiger partial charge >= 0.3 is 0 Å². The van der Waals surface area contributed by atoms with Crippen molar-refractivity contribution in [1.82, 2.24) is 9.55 Å². The largest absolute Gasteiger partial charge is 0.495 e. The van der Waals surface area contributed by atoms with E-state index < -0.39 is 0 Å². The molecule has 0 saturated carbocycles. The Labute approximate surface area is 153 Å². The monoisotopic (exact) mass is 376 g/mol. The van der Waals surface area contributed by atoms with Crippen molar-refractivity contribution in [3.8, 4) is 11.4 Å². The summed E-state index contributed by atoms with van der Waals surface area (Å²) in [6.07, 6.45) is 3.15. The summed E-state index contributed by atoms with van der Waals surface area (Å²) in [7, 11) is 1.53. The van der Waals surface area contributed by atoms with E-state index in [1.165, 1.54) is 35.6 Å². The van der Waals surface area contributed by atoms with Crippen molar-refractivity contribution in [2.24, 2.45) is 0 Å². The van der Waals surface area contributed by atoms with Gasteiger partial charge in [0.25, 0.3) is 5.56 Å². The Kier molecular flexibility index (Phi) is 5.40. The standard InChI is InChI=1S/C18H14ClFN2O2S/c1-24-16-7-6-14(10-15(16)19)22-9-8-21-17(18(22)23)25-11-12-2-4-13(20)5-3-12/h2-10H,11H2,1H3. The van der Waals surface area contributed by atoms with Gasteiger partial charge in [-0.1, -0.05) is 35.5 Å². The van der Waals surface area contributed by atoms with Gasteiger partial charge in [0.05, 0.1) is 17.8 Å². The first kappa shape index (κ1) is 17.5. The van der Waals surface area contributed by atoms with E-state index in [1.807, 2.05) is 0 Å². The van der Waals surface area contributed by atoms with E-state index >= 15 is 0 Å². The zero-order chi connectivity index (χ0) is 17.8. The highest BCUT2D eigenvalue weighted by Crippen LogP contribution is 2.26. The van der Waals surface area contributed by atoms with Gasteiger partial charge in [0.1, 0.15) is 11.6 Å². The number of hydrogen-bond acceptors (Lipinski definition) is 4. The number of ether oxygens (including phenoxy) is 1. The molecule has 0 amide bonds. The molecule has 0 saturated heterocycles. The molecule has 0 bridgehead atoms. The summed E-state index contributed by atoms with van der Waals surface area (Å²) < 4.78 is 19.5. The topological polar surface area (TPSA) is 44.1 Å². The third-order valence-electron chi connectivity index (χ3n) is 3.51. The molecule has 3 rings (SSSR count). The van der Waals surface area contributed by atoms with Crippen LogP contribution in [-0.2, 0) is 5.75 Å². The van der Waals surface area contributed by atoms with Gasteiger partial charge in [0.15, 0.2) is 5.03 Å². The predicted octanol–water partition coefficient (Wildman–Crippen LogP) is 4.33. The Bertz CT molecular complexity index is 945. The van der Waals surface area contributed by atoms with Gasteiger partial charge in [-0.15, -0.1) is 0 Å². The quantitative estimate of drug-likeness (QED) is 0.622. The molecular weight excluding hydrogens is 363 g/mol. The number of methoxy groups -OCH3 is 1. The third-order valence-corrected chi connectivity index (χ3v) is 4.84. The number of halogens is 2. The van der Waals surface area contributed by atoms with Crippen LogP contribution in [0.1, 0.15) is 5.56 Å². The van der Waals surface area contributed by atoms with Gasteiger partial charge in [0, 0.05) is 18.1 Å². The molecule has 2 aromatic carbocycles. The Hall–Kier alpha value is -2.31. The average molecular weight is 377 g/mol. The van der Waals surface area contributed by atoms with Crippen LogP contribution in [0.2, 0.25) is 5.02 Å². The lowest BCUT2D eigenvalue weighted by Crippen LogP contribution is -2.20. The van der Waals surface area contributed by atoms with Crippen LogP contribution < -0.4 is 10.3 Å². The van der Waals surface area contributed by atoms with E-state index in [-0.39, 0.29) is 11.4 Å². The highest BCUT2D eigenvalue weighted by atomic mass is 35.5. The van der Waals surface area contributed by atoms with Gasteiger partial charge in [0.2, 0.25) is 0 Å². The maximum atomic E-state index is 12.9. The fourth-order valence-corrected chi connectivity index (χ4v) is 3.34. The molecule has 0 aliphatic carbocycles. The van der Waals surface area contributed by atoms with Gasteiger partial charge in [-0.3, -0.25) is 9.36 Å². The van der Waals surface area contributed by atoms with Crippen LogP contribution in [0.3, 0.4) is 0 Å². The van der Waals surface area contributed by atoms with Crippen LogP contribution in [0.5, 0.6) is 5.75 Å². The number of nitrogens with zero attached hydrogens (tertiary/aromatic N) is 2. The predicted molar refractivity (Wildman–Crippen MR) is 97.4 cm³/mol. The molecule has 0 aliphatic rings. The van der Waals surface area contributed by atoms with Crippen molar-refractivity contribution in [2.45, 2.75) is 10.8 Å². The van der Waals surface area contributed by atoms with E-state index in [9.17, 15) is 9.18 Å². The fraction of sp³-hybridized carbons (Fsp3) is 0.111. The molecule has 0 radical (unpaired) electrons. The van der Waals surface area contributed by atoms with Crippen LogP contribution in [0.4, 0.5) is 4.39 Å². The first-order valence-electron chi connectivity index (χ1n) is 7.37. The number of benzene rings is 2. The first-order valence-corrected chi connectivity index (χ1v) is 8.73. The molecule has 1 heterocycles. The highest BCUT2D eigenvalue weighted by molar-refractivity contribution is 7.98. The minimum absolute atomic E-state index is 0.240. The normalized spacial score (nSPS) is 10.7. The summed E-state index contributed by atoms with van der Waals surface area (Å²) in [6, 6.07) is 11.3. The van der Waals surface area contributed by atoms with Crippen molar-refractivity contribution in [1.29, 1.82) is 0 Å². The van der Waals surface area contributed by atoms with Gasteiger partial charge < -0.3 is 4.74 Å². The zero-order valence-electron chi connectivity index (χ0n) is 13.3. The van der Waals surface area contributed by atoms with Crippen molar-refractivity contribution in [3.63, 3.8) is 0 Å². The van der Waals surface area contributed by atoms with Crippen LogP contribution in [0.25, 0.3) is 5.69 Å². The molecule has 3 aromatic rings. The average Bonchev–Trinajstić information content (AvgIpc) is 2.62. The van der Waals surface area contributed by atoms with Gasteiger partial charge in [-0.25, -0.2) is 9.37 Å². The molecule has 0 atom stereocenters. The van der Waals surface area contributed by atoms with Gasteiger partial charge in [-0.2, -0.15) is 0 Å². The lowest BCUT2D eigenvalue weighted by atomic mass is 10.2.